The van der Waals surface area contributed by atoms with E-state index in [2.05, 4.69) is 53.3 Å². The zero-order chi connectivity index (χ0) is 16.6. The number of aromatic nitrogens is 1. The summed E-state index contributed by atoms with van der Waals surface area (Å²) in [4.78, 5) is 6.47. The van der Waals surface area contributed by atoms with Gasteiger partial charge in [-0.25, -0.2) is 4.98 Å². The molecule has 2 heterocycles. The molecule has 4 rings (SSSR count). The van der Waals surface area contributed by atoms with E-state index in [-0.39, 0.29) is 0 Å². The van der Waals surface area contributed by atoms with Crippen molar-refractivity contribution in [3.8, 4) is 0 Å². The summed E-state index contributed by atoms with van der Waals surface area (Å²) in [5, 5.41) is 11.8. The van der Waals surface area contributed by atoms with Crippen LogP contribution in [0, 0.1) is 0 Å². The summed E-state index contributed by atoms with van der Waals surface area (Å²) in [6, 6.07) is 20.5. The van der Waals surface area contributed by atoms with Gasteiger partial charge in [0.25, 0.3) is 5.66 Å². The van der Waals surface area contributed by atoms with Crippen molar-refractivity contribution in [3.05, 3.63) is 77.8 Å². The minimum Gasteiger partial charge on any atom is -0.226 e. The highest BCUT2D eigenvalue weighted by molar-refractivity contribution is 7.13. The number of hydrazine groups is 1. The Balaban J connectivity index is 1.90. The van der Waals surface area contributed by atoms with Crippen molar-refractivity contribution in [2.75, 3.05) is 12.1 Å². The zero-order valence-corrected chi connectivity index (χ0v) is 14.4. The first-order chi connectivity index (χ1) is 11.7. The van der Waals surface area contributed by atoms with E-state index < -0.39 is 5.66 Å². The van der Waals surface area contributed by atoms with Gasteiger partial charge >= 0.3 is 0 Å². The van der Waals surface area contributed by atoms with Crippen LogP contribution in [0.2, 0.25) is 0 Å². The third kappa shape index (κ3) is 2.18. The van der Waals surface area contributed by atoms with Gasteiger partial charge in [-0.15, -0.1) is 21.4 Å². The molecule has 5 nitrogen and oxygen atoms in total. The number of hydrogen-bond acceptors (Lipinski definition) is 5. The fourth-order valence-corrected chi connectivity index (χ4v) is 3.68. The molecule has 1 aliphatic rings. The monoisotopic (exact) mass is 336 g/mol. The summed E-state index contributed by atoms with van der Waals surface area (Å²) in [6.45, 7) is 2.16. The second-order valence-electron chi connectivity index (χ2n) is 5.75. The van der Waals surface area contributed by atoms with Crippen molar-refractivity contribution in [1.82, 2.24) is 9.99 Å². The maximum Gasteiger partial charge on any atom is 0.263 e. The summed E-state index contributed by atoms with van der Waals surface area (Å²) in [5.41, 5.74) is 1.69. The Morgan fingerprint density at radius 2 is 1.67 bits per heavy atom. The first-order valence-electron chi connectivity index (χ1n) is 7.77. The molecule has 1 aliphatic heterocycles. The predicted molar refractivity (Wildman–Crippen MR) is 94.9 cm³/mol. The van der Waals surface area contributed by atoms with Gasteiger partial charge in [-0.3, -0.25) is 0 Å². The Kier molecular flexibility index (Phi) is 3.54. The maximum absolute atomic E-state index is 4.78. The van der Waals surface area contributed by atoms with E-state index in [4.69, 9.17) is 5.22 Å². The summed E-state index contributed by atoms with van der Waals surface area (Å²) in [6.07, 6.45) is 1.83. The van der Waals surface area contributed by atoms with E-state index in [9.17, 15) is 0 Å². The van der Waals surface area contributed by atoms with E-state index >= 15 is 0 Å². The second kappa shape index (κ2) is 5.72. The lowest BCUT2D eigenvalue weighted by molar-refractivity contribution is -0.521. The van der Waals surface area contributed by atoms with E-state index in [0.717, 1.165) is 16.4 Å². The predicted octanol–water partition coefficient (Wildman–Crippen LogP) is 4.39. The first kappa shape index (κ1) is 14.8. The lowest BCUT2D eigenvalue weighted by Gasteiger charge is -2.31. The average Bonchev–Trinajstić information content (AvgIpc) is 3.24. The molecule has 120 valence electrons. The highest BCUT2D eigenvalue weighted by atomic mass is 32.1. The molecule has 0 radical (unpaired) electrons. The lowest BCUT2D eigenvalue weighted by Crippen LogP contribution is -2.50. The highest BCUT2D eigenvalue weighted by Crippen LogP contribution is 2.42. The minimum atomic E-state index is -0.463. The Labute approximate surface area is 145 Å². The molecule has 0 saturated carbocycles. The maximum atomic E-state index is 4.78. The van der Waals surface area contributed by atoms with Crippen LogP contribution in [0.3, 0.4) is 0 Å². The molecule has 3 aromatic rings. The minimum absolute atomic E-state index is 0.463. The second-order valence-corrected chi connectivity index (χ2v) is 6.62. The molecule has 0 aliphatic carbocycles. The van der Waals surface area contributed by atoms with Crippen LogP contribution in [0.4, 0.5) is 10.8 Å². The molecular formula is C18H18N5S+. The normalized spacial score (nSPS) is 20.3. The Morgan fingerprint density at radius 3 is 2.29 bits per heavy atom. The SMILES string of the molecule is CN1N=[N+](c2ccccc2)N(c2nccs2)C1(C)c1ccccc1. The molecule has 0 bridgehead atoms. The first-order valence-corrected chi connectivity index (χ1v) is 8.65. The highest BCUT2D eigenvalue weighted by Gasteiger charge is 2.54. The van der Waals surface area contributed by atoms with Gasteiger partial charge in [-0.05, 0) is 16.9 Å². The van der Waals surface area contributed by atoms with Gasteiger partial charge in [0, 0.05) is 24.1 Å². The summed E-state index contributed by atoms with van der Waals surface area (Å²) in [5.74, 6) is 0. The van der Waals surface area contributed by atoms with Crippen LogP contribution < -0.4 is 5.01 Å². The van der Waals surface area contributed by atoms with Crippen LogP contribution in [0.1, 0.15) is 12.5 Å². The van der Waals surface area contributed by atoms with Gasteiger partial charge in [0.05, 0.1) is 0 Å². The van der Waals surface area contributed by atoms with E-state index in [0.29, 0.717) is 0 Å². The number of thiazole rings is 1. The molecule has 0 saturated heterocycles. The fraction of sp³-hybridized carbons (Fsp3) is 0.167. The summed E-state index contributed by atoms with van der Waals surface area (Å²) < 4.78 is 0. The number of benzene rings is 2. The molecule has 0 amide bonds. The number of rotatable bonds is 3. The van der Waals surface area contributed by atoms with Gasteiger partial charge < -0.3 is 0 Å². The summed E-state index contributed by atoms with van der Waals surface area (Å²) >= 11 is 1.60. The molecule has 6 heteroatoms. The number of nitrogens with zero attached hydrogens (tertiary/aromatic N) is 5. The molecule has 0 N–H and O–H groups in total. The van der Waals surface area contributed by atoms with Crippen LogP contribution in [-0.4, -0.2) is 21.8 Å². The van der Waals surface area contributed by atoms with Crippen molar-refractivity contribution in [2.24, 2.45) is 5.22 Å². The third-order valence-electron chi connectivity index (χ3n) is 4.36. The van der Waals surface area contributed by atoms with Crippen LogP contribution >= 0.6 is 11.3 Å². The molecule has 1 atom stereocenters. The van der Waals surface area contributed by atoms with Crippen molar-refractivity contribution in [1.29, 1.82) is 0 Å². The molecule has 0 spiro atoms. The molecular weight excluding hydrogens is 318 g/mol. The molecule has 1 unspecified atom stereocenters. The lowest BCUT2D eigenvalue weighted by atomic mass is 10.0. The zero-order valence-electron chi connectivity index (χ0n) is 13.6. The van der Waals surface area contributed by atoms with Crippen LogP contribution in [0.25, 0.3) is 0 Å². The number of anilines is 1. The number of hydrogen-bond donors (Lipinski definition) is 0. The Hall–Kier alpha value is -2.73. The molecule has 1 aromatic heterocycles. The van der Waals surface area contributed by atoms with Gasteiger partial charge in [-0.1, -0.05) is 48.5 Å². The van der Waals surface area contributed by atoms with Crippen molar-refractivity contribution < 1.29 is 4.81 Å². The van der Waals surface area contributed by atoms with Crippen LogP contribution in [-0.2, 0) is 5.66 Å². The number of para-hydroxylation sites is 1. The van der Waals surface area contributed by atoms with Crippen molar-refractivity contribution in [2.45, 2.75) is 12.6 Å². The van der Waals surface area contributed by atoms with Crippen molar-refractivity contribution >= 4 is 22.2 Å². The van der Waals surface area contributed by atoms with Crippen LogP contribution in [0.15, 0.2) is 77.5 Å². The van der Waals surface area contributed by atoms with E-state index in [1.807, 2.05) is 52.7 Å². The average molecular weight is 336 g/mol. The van der Waals surface area contributed by atoms with E-state index in [1.54, 1.807) is 11.3 Å². The van der Waals surface area contributed by atoms with Crippen LogP contribution in [0.5, 0.6) is 0 Å². The molecule has 24 heavy (non-hydrogen) atoms. The molecule has 2 aromatic carbocycles. The Morgan fingerprint density at radius 1 is 1.00 bits per heavy atom. The Bertz CT molecular complexity index is 848. The fourth-order valence-electron chi connectivity index (χ4n) is 2.95. The molecule has 0 fully saturated rings. The van der Waals surface area contributed by atoms with Gasteiger partial charge in [0.2, 0.25) is 5.13 Å². The third-order valence-corrected chi connectivity index (χ3v) is 5.11. The van der Waals surface area contributed by atoms with Gasteiger partial charge in [-0.2, -0.15) is 0 Å². The van der Waals surface area contributed by atoms with Gasteiger partial charge in [0.1, 0.15) is 12.3 Å². The smallest absolute Gasteiger partial charge is 0.226 e. The largest absolute Gasteiger partial charge is 0.263 e. The van der Waals surface area contributed by atoms with Crippen molar-refractivity contribution in [3.63, 3.8) is 0 Å². The topological polar surface area (TPSA) is 34.7 Å². The quantitative estimate of drug-likeness (QED) is 0.665. The summed E-state index contributed by atoms with van der Waals surface area (Å²) in [7, 11) is 2.00. The standard InChI is InChI=1S/C18H18N5S/c1-18(15-9-5-3-6-10-15)21(2)20-23(16-11-7-4-8-12-16)22(18)17-19-13-14-24-17/h3-14H,1-2H3/q+1. The van der Waals surface area contributed by atoms with Gasteiger partial charge in [0.15, 0.2) is 5.69 Å². The van der Waals surface area contributed by atoms with E-state index in [1.165, 1.54) is 0 Å².